The van der Waals surface area contributed by atoms with E-state index in [1.54, 1.807) is 7.11 Å². The van der Waals surface area contributed by atoms with Crippen LogP contribution in [0.4, 0.5) is 0 Å². The molecule has 0 radical (unpaired) electrons. The fourth-order valence-corrected chi connectivity index (χ4v) is 2.61. The van der Waals surface area contributed by atoms with Crippen LogP contribution in [0.5, 0.6) is 0 Å². The molecule has 1 aromatic carbocycles. The van der Waals surface area contributed by atoms with Crippen molar-refractivity contribution >= 4 is 16.8 Å². The maximum atomic E-state index is 12.0. The molecule has 1 heterocycles. The van der Waals surface area contributed by atoms with Crippen molar-refractivity contribution in [2.24, 2.45) is 0 Å². The molecule has 0 saturated heterocycles. The summed E-state index contributed by atoms with van der Waals surface area (Å²) < 4.78 is 5.10. The van der Waals surface area contributed by atoms with Gasteiger partial charge in [0, 0.05) is 30.6 Å². The lowest BCUT2D eigenvalue weighted by molar-refractivity contribution is -0.123. The molecule has 1 amide bonds. The molecular weight excluding hydrogens is 264 g/mol. The van der Waals surface area contributed by atoms with Gasteiger partial charge in [-0.05, 0) is 38.3 Å². The number of aromatic amines is 1. The van der Waals surface area contributed by atoms with Crippen molar-refractivity contribution < 1.29 is 9.53 Å². The summed E-state index contributed by atoms with van der Waals surface area (Å²) in [7, 11) is 1.64. The Labute approximate surface area is 125 Å². The van der Waals surface area contributed by atoms with Gasteiger partial charge < -0.3 is 15.0 Å². The highest BCUT2D eigenvalue weighted by Gasteiger charge is 2.19. The van der Waals surface area contributed by atoms with Crippen LogP contribution in [0.3, 0.4) is 0 Å². The number of fused-ring (bicyclic) bond motifs is 1. The summed E-state index contributed by atoms with van der Waals surface area (Å²) in [5.41, 5.74) is 2.11. The van der Waals surface area contributed by atoms with Crippen molar-refractivity contribution in [1.29, 1.82) is 0 Å². The van der Waals surface area contributed by atoms with Crippen molar-refractivity contribution in [1.82, 2.24) is 10.3 Å². The first-order valence-electron chi connectivity index (χ1n) is 7.37. The van der Waals surface area contributed by atoms with Crippen LogP contribution in [-0.4, -0.2) is 30.1 Å². The third-order valence-electron chi connectivity index (χ3n) is 3.51. The zero-order valence-corrected chi connectivity index (χ0v) is 13.0. The Kier molecular flexibility index (Phi) is 5.02. The molecule has 0 atom stereocenters. The number of carbonyl (C=O) groups is 1. The van der Waals surface area contributed by atoms with Gasteiger partial charge in [-0.15, -0.1) is 0 Å². The van der Waals surface area contributed by atoms with Gasteiger partial charge in [0.25, 0.3) is 0 Å². The average molecular weight is 288 g/mol. The van der Waals surface area contributed by atoms with Gasteiger partial charge in [-0.3, -0.25) is 4.79 Å². The Morgan fingerprint density at radius 2 is 2.10 bits per heavy atom. The molecule has 0 spiro atoms. The van der Waals surface area contributed by atoms with E-state index in [1.807, 2.05) is 32.2 Å². The molecule has 1 aromatic heterocycles. The van der Waals surface area contributed by atoms with Crippen LogP contribution in [0.25, 0.3) is 10.9 Å². The summed E-state index contributed by atoms with van der Waals surface area (Å²) >= 11 is 0. The predicted octanol–water partition coefficient (Wildman–Crippen LogP) is 3.03. The van der Waals surface area contributed by atoms with Crippen molar-refractivity contribution in [3.8, 4) is 0 Å². The Hall–Kier alpha value is -1.81. The first-order valence-corrected chi connectivity index (χ1v) is 7.37. The van der Waals surface area contributed by atoms with Crippen LogP contribution < -0.4 is 5.32 Å². The van der Waals surface area contributed by atoms with Crippen molar-refractivity contribution in [2.75, 3.05) is 13.7 Å². The number of para-hydroxylation sites is 1. The van der Waals surface area contributed by atoms with Gasteiger partial charge in [0.2, 0.25) is 5.91 Å². The van der Waals surface area contributed by atoms with E-state index in [4.69, 9.17) is 4.74 Å². The molecule has 0 saturated carbocycles. The monoisotopic (exact) mass is 288 g/mol. The molecule has 0 aliphatic heterocycles. The number of nitrogens with one attached hydrogen (secondary N) is 2. The summed E-state index contributed by atoms with van der Waals surface area (Å²) in [4.78, 5) is 15.2. The van der Waals surface area contributed by atoms with Gasteiger partial charge in [0.15, 0.2) is 0 Å². The van der Waals surface area contributed by atoms with Gasteiger partial charge in [-0.2, -0.15) is 0 Å². The van der Waals surface area contributed by atoms with Crippen LogP contribution >= 0.6 is 0 Å². The molecule has 2 aromatic rings. The quantitative estimate of drug-likeness (QED) is 0.823. The predicted molar refractivity (Wildman–Crippen MR) is 85.3 cm³/mol. The number of aryl methyl sites for hydroxylation is 1. The topological polar surface area (TPSA) is 54.1 Å². The lowest BCUT2D eigenvalue weighted by atomic mass is 10.0. The lowest BCUT2D eigenvalue weighted by Gasteiger charge is -2.25. The minimum absolute atomic E-state index is 0.0805. The second kappa shape index (κ2) is 6.76. The number of aromatic nitrogens is 1. The van der Waals surface area contributed by atoms with Crippen LogP contribution in [0, 0.1) is 0 Å². The minimum Gasteiger partial charge on any atom is -0.382 e. The van der Waals surface area contributed by atoms with Gasteiger partial charge in [-0.1, -0.05) is 18.2 Å². The largest absolute Gasteiger partial charge is 0.382 e. The number of H-pyrrole nitrogens is 1. The highest BCUT2D eigenvalue weighted by atomic mass is 16.5. The summed E-state index contributed by atoms with van der Waals surface area (Å²) in [6.45, 7) is 4.45. The number of ether oxygens (including phenoxy) is 1. The molecule has 0 fully saturated rings. The SMILES string of the molecule is COCC(C)(C)NC(=O)CCCc1c[nH]c2ccccc12. The zero-order chi connectivity index (χ0) is 15.3. The second-order valence-corrected chi connectivity index (χ2v) is 6.08. The van der Waals surface area contributed by atoms with Gasteiger partial charge in [0.05, 0.1) is 12.1 Å². The average Bonchev–Trinajstić information content (AvgIpc) is 2.81. The highest BCUT2D eigenvalue weighted by Crippen LogP contribution is 2.19. The van der Waals surface area contributed by atoms with Crippen LogP contribution in [0.15, 0.2) is 30.5 Å². The van der Waals surface area contributed by atoms with E-state index >= 15 is 0 Å². The normalized spacial score (nSPS) is 11.8. The molecule has 4 heteroatoms. The fourth-order valence-electron chi connectivity index (χ4n) is 2.61. The van der Waals surface area contributed by atoms with Gasteiger partial charge >= 0.3 is 0 Å². The van der Waals surface area contributed by atoms with Gasteiger partial charge in [-0.25, -0.2) is 0 Å². The smallest absolute Gasteiger partial charge is 0.220 e. The molecule has 2 rings (SSSR count). The van der Waals surface area contributed by atoms with Crippen LogP contribution in [-0.2, 0) is 16.0 Å². The van der Waals surface area contributed by atoms with E-state index < -0.39 is 0 Å². The molecule has 0 unspecified atom stereocenters. The number of carbonyl (C=O) groups excluding carboxylic acids is 1. The van der Waals surface area contributed by atoms with Gasteiger partial charge in [0.1, 0.15) is 0 Å². The van der Waals surface area contributed by atoms with E-state index in [1.165, 1.54) is 10.9 Å². The molecule has 0 aliphatic rings. The number of rotatable bonds is 7. The van der Waals surface area contributed by atoms with E-state index in [0.29, 0.717) is 13.0 Å². The third kappa shape index (κ3) is 4.33. The number of hydrogen-bond acceptors (Lipinski definition) is 2. The molecule has 4 nitrogen and oxygen atoms in total. The Bertz CT molecular complexity index is 602. The molecule has 21 heavy (non-hydrogen) atoms. The molecule has 0 bridgehead atoms. The molecule has 2 N–H and O–H groups in total. The zero-order valence-electron chi connectivity index (χ0n) is 13.0. The lowest BCUT2D eigenvalue weighted by Crippen LogP contribution is -2.46. The van der Waals surface area contributed by atoms with Crippen molar-refractivity contribution in [3.05, 3.63) is 36.0 Å². The second-order valence-electron chi connectivity index (χ2n) is 6.08. The standard InChI is InChI=1S/C17H24N2O2/c1-17(2,12-21-3)19-16(20)10-6-7-13-11-18-15-9-5-4-8-14(13)15/h4-5,8-9,11,18H,6-7,10,12H2,1-3H3,(H,19,20). The summed E-state index contributed by atoms with van der Waals surface area (Å²) in [5, 5.41) is 4.25. The first kappa shape index (κ1) is 15.6. The maximum absolute atomic E-state index is 12.0. The Morgan fingerprint density at radius 1 is 1.33 bits per heavy atom. The molecular formula is C17H24N2O2. The fraction of sp³-hybridized carbons (Fsp3) is 0.471. The van der Waals surface area contributed by atoms with E-state index in [2.05, 4.69) is 22.4 Å². The molecule has 0 aliphatic carbocycles. The molecule has 114 valence electrons. The maximum Gasteiger partial charge on any atom is 0.220 e. The van der Waals surface area contributed by atoms with Crippen LogP contribution in [0.2, 0.25) is 0 Å². The number of methoxy groups -OCH3 is 1. The van der Waals surface area contributed by atoms with E-state index in [0.717, 1.165) is 18.4 Å². The summed E-state index contributed by atoms with van der Waals surface area (Å²) in [6, 6.07) is 8.25. The van der Waals surface area contributed by atoms with Crippen molar-refractivity contribution in [3.63, 3.8) is 0 Å². The number of hydrogen-bond donors (Lipinski definition) is 2. The van der Waals surface area contributed by atoms with E-state index in [9.17, 15) is 4.79 Å². The minimum atomic E-state index is -0.313. The highest BCUT2D eigenvalue weighted by molar-refractivity contribution is 5.83. The van der Waals surface area contributed by atoms with Crippen molar-refractivity contribution in [2.45, 2.75) is 38.6 Å². The van der Waals surface area contributed by atoms with E-state index in [-0.39, 0.29) is 11.4 Å². The number of amides is 1. The van der Waals surface area contributed by atoms with Crippen LogP contribution in [0.1, 0.15) is 32.3 Å². The summed E-state index contributed by atoms with van der Waals surface area (Å²) in [5.74, 6) is 0.0805. The Morgan fingerprint density at radius 3 is 2.86 bits per heavy atom. The Balaban J connectivity index is 1.83. The third-order valence-corrected chi connectivity index (χ3v) is 3.51. The first-order chi connectivity index (χ1) is 10.0. The summed E-state index contributed by atoms with van der Waals surface area (Å²) in [6.07, 6.45) is 4.32. The number of benzene rings is 1.